The first-order chi connectivity index (χ1) is 8.76. The molecule has 0 saturated heterocycles. The van der Waals surface area contributed by atoms with Crippen molar-refractivity contribution in [3.8, 4) is 17.7 Å². The Bertz CT molecular complexity index is 567. The molecule has 4 heteroatoms. The highest BCUT2D eigenvalue weighted by molar-refractivity contribution is 5.56. The van der Waals surface area contributed by atoms with E-state index < -0.39 is 0 Å². The number of hydrogen-bond acceptors (Lipinski definition) is 3. The first kappa shape index (κ1) is 12.1. The summed E-state index contributed by atoms with van der Waals surface area (Å²) in [4.78, 5) is 0. The van der Waals surface area contributed by atoms with Crippen LogP contribution in [0.1, 0.15) is 19.0 Å². The van der Waals surface area contributed by atoms with E-state index in [1.54, 1.807) is 6.07 Å². The van der Waals surface area contributed by atoms with Gasteiger partial charge in [-0.1, -0.05) is 25.1 Å². The van der Waals surface area contributed by atoms with Gasteiger partial charge in [-0.05, 0) is 18.6 Å². The van der Waals surface area contributed by atoms with E-state index in [-0.39, 0.29) is 0 Å². The lowest BCUT2D eigenvalue weighted by Gasteiger charge is -2.11. The molecule has 0 aliphatic heterocycles. The van der Waals surface area contributed by atoms with E-state index in [9.17, 15) is 0 Å². The molecule has 2 aromatic rings. The summed E-state index contributed by atoms with van der Waals surface area (Å²) in [6.45, 7) is 2.76. The zero-order valence-electron chi connectivity index (χ0n) is 10.3. The second kappa shape index (κ2) is 5.28. The molecule has 4 nitrogen and oxygen atoms in total. The van der Waals surface area contributed by atoms with Gasteiger partial charge in [0, 0.05) is 12.6 Å². The molecule has 0 radical (unpaired) electrons. The van der Waals surface area contributed by atoms with E-state index >= 15 is 0 Å². The fourth-order valence-electron chi connectivity index (χ4n) is 1.80. The van der Waals surface area contributed by atoms with Gasteiger partial charge in [-0.25, -0.2) is 0 Å². The van der Waals surface area contributed by atoms with Crippen LogP contribution in [0.3, 0.4) is 0 Å². The van der Waals surface area contributed by atoms with Gasteiger partial charge in [0.15, 0.2) is 0 Å². The monoisotopic (exact) mass is 241 g/mol. The number of hydrogen-bond donors (Lipinski definition) is 1. The summed E-state index contributed by atoms with van der Waals surface area (Å²) in [5, 5.41) is 9.07. The molecule has 1 aromatic heterocycles. The molecule has 0 fully saturated rings. The minimum absolute atomic E-state index is 0.490. The van der Waals surface area contributed by atoms with Crippen molar-refractivity contribution in [3.05, 3.63) is 42.1 Å². The summed E-state index contributed by atoms with van der Waals surface area (Å²) in [6.07, 6.45) is 0.911. The highest BCUT2D eigenvalue weighted by Gasteiger charge is 2.14. The topological polar surface area (TPSA) is 64.0 Å². The maximum absolute atomic E-state index is 9.07. The van der Waals surface area contributed by atoms with Gasteiger partial charge in [0.05, 0.1) is 5.69 Å². The average Bonchev–Trinajstić information content (AvgIpc) is 2.69. The van der Waals surface area contributed by atoms with Crippen LogP contribution in [0.4, 0.5) is 5.69 Å². The lowest BCUT2D eigenvalue weighted by molar-refractivity contribution is 0.428. The minimum Gasteiger partial charge on any atom is -0.439 e. The molecular formula is C14H15N3O. The van der Waals surface area contributed by atoms with Gasteiger partial charge in [0.25, 0.3) is 0 Å². The van der Waals surface area contributed by atoms with Gasteiger partial charge in [-0.2, -0.15) is 5.26 Å². The van der Waals surface area contributed by atoms with Gasteiger partial charge in [-0.3, -0.25) is 0 Å². The van der Waals surface area contributed by atoms with Gasteiger partial charge in [-0.15, -0.1) is 0 Å². The van der Waals surface area contributed by atoms with Crippen LogP contribution in [0.15, 0.2) is 36.4 Å². The van der Waals surface area contributed by atoms with Crippen LogP contribution >= 0.6 is 0 Å². The Morgan fingerprint density at radius 1 is 1.33 bits per heavy atom. The molecule has 92 valence electrons. The Hall–Kier alpha value is -2.41. The maximum Gasteiger partial charge on any atom is 0.224 e. The van der Waals surface area contributed by atoms with Gasteiger partial charge in [0.1, 0.15) is 17.5 Å². The summed E-state index contributed by atoms with van der Waals surface area (Å²) in [5.41, 5.74) is 6.92. The number of nitriles is 1. The molecule has 1 aromatic carbocycles. The van der Waals surface area contributed by atoms with Crippen LogP contribution in [-0.2, 0) is 6.54 Å². The van der Waals surface area contributed by atoms with Crippen molar-refractivity contribution < 1.29 is 4.74 Å². The quantitative estimate of drug-likeness (QED) is 0.894. The summed E-state index contributed by atoms with van der Waals surface area (Å²) < 4.78 is 7.57. The number of nitrogens with two attached hydrogens (primary N) is 1. The maximum atomic E-state index is 9.07. The number of rotatable bonds is 4. The minimum atomic E-state index is 0.490. The van der Waals surface area contributed by atoms with Gasteiger partial charge >= 0.3 is 0 Å². The molecule has 0 aliphatic rings. The molecule has 0 bridgehead atoms. The highest BCUT2D eigenvalue weighted by atomic mass is 16.5. The Balaban J connectivity index is 2.38. The van der Waals surface area contributed by atoms with Crippen molar-refractivity contribution in [2.45, 2.75) is 19.9 Å². The molecule has 1 heterocycles. The molecule has 0 atom stereocenters. The van der Waals surface area contributed by atoms with E-state index in [4.69, 9.17) is 15.7 Å². The van der Waals surface area contributed by atoms with Crippen LogP contribution in [-0.4, -0.2) is 4.57 Å². The Morgan fingerprint density at radius 3 is 2.67 bits per heavy atom. The molecule has 0 aliphatic carbocycles. The zero-order chi connectivity index (χ0) is 13.0. The Kier molecular flexibility index (Phi) is 3.54. The molecule has 2 N–H and O–H groups in total. The molecule has 0 unspecified atom stereocenters. The van der Waals surface area contributed by atoms with Crippen LogP contribution in [0, 0.1) is 11.3 Å². The van der Waals surface area contributed by atoms with Crippen molar-refractivity contribution >= 4 is 5.69 Å². The van der Waals surface area contributed by atoms with Crippen LogP contribution in [0.25, 0.3) is 0 Å². The van der Waals surface area contributed by atoms with E-state index in [0.29, 0.717) is 29.6 Å². The number of para-hydroxylation sites is 1. The molecular weight excluding hydrogens is 226 g/mol. The first-order valence-corrected chi connectivity index (χ1v) is 5.88. The van der Waals surface area contributed by atoms with Crippen molar-refractivity contribution in [2.75, 3.05) is 5.73 Å². The third-order valence-corrected chi connectivity index (χ3v) is 2.59. The second-order valence-electron chi connectivity index (χ2n) is 3.97. The van der Waals surface area contributed by atoms with Crippen molar-refractivity contribution in [1.29, 1.82) is 5.26 Å². The normalized spacial score (nSPS) is 10.0. The summed E-state index contributed by atoms with van der Waals surface area (Å²) in [6, 6.07) is 13.2. The number of benzene rings is 1. The third-order valence-electron chi connectivity index (χ3n) is 2.59. The van der Waals surface area contributed by atoms with Crippen LogP contribution in [0.5, 0.6) is 11.6 Å². The smallest absolute Gasteiger partial charge is 0.224 e. The Labute approximate surface area is 106 Å². The fraction of sp³-hybridized carbons (Fsp3) is 0.214. The lowest BCUT2D eigenvalue weighted by atomic mass is 10.3. The number of anilines is 1. The molecule has 0 amide bonds. The number of nitrogens with zero attached hydrogens (tertiary/aromatic N) is 2. The number of nitrogen functional groups attached to an aromatic ring is 1. The molecule has 0 saturated carbocycles. The summed E-state index contributed by atoms with van der Waals surface area (Å²) in [7, 11) is 0. The number of ether oxygens (including phenoxy) is 1. The van der Waals surface area contributed by atoms with E-state index in [0.717, 1.165) is 6.42 Å². The average molecular weight is 241 g/mol. The van der Waals surface area contributed by atoms with E-state index in [2.05, 4.69) is 6.07 Å². The first-order valence-electron chi connectivity index (χ1n) is 5.88. The summed E-state index contributed by atoms with van der Waals surface area (Å²) >= 11 is 0. The van der Waals surface area contributed by atoms with Gasteiger partial charge in [0.2, 0.25) is 5.88 Å². The molecule has 18 heavy (non-hydrogen) atoms. The number of aromatic nitrogens is 1. The van der Waals surface area contributed by atoms with Gasteiger partial charge < -0.3 is 15.0 Å². The Morgan fingerprint density at radius 2 is 2.06 bits per heavy atom. The van der Waals surface area contributed by atoms with Crippen molar-refractivity contribution in [3.63, 3.8) is 0 Å². The van der Waals surface area contributed by atoms with Crippen molar-refractivity contribution in [2.24, 2.45) is 0 Å². The summed E-state index contributed by atoms with van der Waals surface area (Å²) in [5.74, 6) is 1.25. The highest BCUT2D eigenvalue weighted by Crippen LogP contribution is 2.31. The van der Waals surface area contributed by atoms with Crippen LogP contribution in [0.2, 0.25) is 0 Å². The van der Waals surface area contributed by atoms with Crippen molar-refractivity contribution in [1.82, 2.24) is 4.57 Å². The third kappa shape index (κ3) is 2.30. The SMILES string of the molecule is CCCn1c(C#N)cc(N)c1Oc1ccccc1. The standard InChI is InChI=1S/C14H15N3O/c1-2-8-17-11(10-15)9-13(16)14(17)18-12-6-4-3-5-7-12/h3-7,9H,2,8,16H2,1H3. The predicted molar refractivity (Wildman–Crippen MR) is 70.4 cm³/mol. The van der Waals surface area contributed by atoms with Crippen LogP contribution < -0.4 is 10.5 Å². The fourth-order valence-corrected chi connectivity index (χ4v) is 1.80. The second-order valence-corrected chi connectivity index (χ2v) is 3.97. The van der Waals surface area contributed by atoms with E-state index in [1.807, 2.05) is 41.8 Å². The van der Waals surface area contributed by atoms with E-state index in [1.165, 1.54) is 0 Å². The predicted octanol–water partition coefficient (Wildman–Crippen LogP) is 3.14. The largest absolute Gasteiger partial charge is 0.439 e. The molecule has 2 rings (SSSR count). The molecule has 0 spiro atoms. The zero-order valence-corrected chi connectivity index (χ0v) is 10.3. The lowest BCUT2D eigenvalue weighted by Crippen LogP contribution is -2.03.